The Morgan fingerprint density at radius 1 is 0.641 bits per heavy atom. The van der Waals surface area contributed by atoms with Crippen molar-refractivity contribution in [3.05, 3.63) is 147 Å². The zero-order chi connectivity index (χ0) is 45.6. The Balaban J connectivity index is 1.07. The molecule has 6 N–H and O–H groups in total. The molecular formula is C48H36N4O12. The van der Waals surface area contributed by atoms with Gasteiger partial charge in [-0.05, 0) is 83.9 Å². The quantitative estimate of drug-likeness (QED) is 0.0759. The fourth-order valence-electron chi connectivity index (χ4n) is 7.68. The van der Waals surface area contributed by atoms with Crippen LogP contribution in [0.25, 0.3) is 66.8 Å². The number of carboxylic acid groups (broad SMARTS) is 3. The van der Waals surface area contributed by atoms with Crippen LogP contribution < -0.4 is 26.3 Å². The molecule has 2 aliphatic carbocycles. The predicted octanol–water partition coefficient (Wildman–Crippen LogP) is 6.53. The van der Waals surface area contributed by atoms with Crippen molar-refractivity contribution in [3.8, 4) is 50.7 Å². The van der Waals surface area contributed by atoms with Gasteiger partial charge in [-0.2, -0.15) is 0 Å². The minimum atomic E-state index is -1.42. The van der Waals surface area contributed by atoms with Gasteiger partial charge in [-0.3, -0.25) is 19.4 Å². The average Bonchev–Trinajstić information content (AvgIpc) is 3.27. The van der Waals surface area contributed by atoms with Gasteiger partial charge in [0.1, 0.15) is 28.4 Å². The minimum Gasteiger partial charge on any atom is -0.508 e. The molecule has 8 rings (SSSR count). The third-order valence-electron chi connectivity index (χ3n) is 10.8. The molecule has 0 unspecified atom stereocenters. The molecule has 4 aromatic carbocycles. The highest BCUT2D eigenvalue weighted by Gasteiger charge is 2.27. The summed E-state index contributed by atoms with van der Waals surface area (Å²) in [6.45, 7) is -0.984. The van der Waals surface area contributed by atoms with Gasteiger partial charge in [0.15, 0.2) is 5.43 Å². The van der Waals surface area contributed by atoms with E-state index in [9.17, 15) is 49.2 Å². The van der Waals surface area contributed by atoms with Crippen LogP contribution in [0, 0.1) is 0 Å². The Kier molecular flexibility index (Phi) is 10.9. The lowest BCUT2D eigenvalue weighted by Crippen LogP contribution is -2.37. The van der Waals surface area contributed by atoms with Crippen LogP contribution in [0.3, 0.4) is 0 Å². The molecule has 16 heteroatoms. The molecule has 0 saturated carbocycles. The van der Waals surface area contributed by atoms with Crippen LogP contribution in [-0.4, -0.2) is 77.8 Å². The SMILES string of the molecule is C/N=c1/ccc2c(-c3ccc(C(=O)NCC(=O)NCc4c5oc6cc(O)ccc6c(-c6ccc(C(=O)O)cc6C(=O)O)c-5ccc4=O)cc3C(=O)O)c3ccc(N(C)C)cc3oc-2c1. The summed E-state index contributed by atoms with van der Waals surface area (Å²) in [6.07, 6.45) is 0. The molecular weight excluding hydrogens is 825 g/mol. The molecule has 0 fully saturated rings. The van der Waals surface area contributed by atoms with Crippen molar-refractivity contribution < 1.29 is 53.2 Å². The molecule has 4 aromatic rings. The van der Waals surface area contributed by atoms with Gasteiger partial charge in [-0.1, -0.05) is 12.1 Å². The van der Waals surface area contributed by atoms with E-state index in [0.29, 0.717) is 44.2 Å². The second-order valence-electron chi connectivity index (χ2n) is 14.9. The average molecular weight is 861 g/mol. The van der Waals surface area contributed by atoms with Gasteiger partial charge < -0.3 is 44.8 Å². The third kappa shape index (κ3) is 7.70. The van der Waals surface area contributed by atoms with Gasteiger partial charge in [0.25, 0.3) is 5.91 Å². The Hall–Kier alpha value is -8.79. The molecule has 0 aromatic heterocycles. The smallest absolute Gasteiger partial charge is 0.336 e. The number of carbonyl (C=O) groups excluding carboxylic acids is 2. The van der Waals surface area contributed by atoms with E-state index in [0.717, 1.165) is 11.8 Å². The minimum absolute atomic E-state index is 0.0420. The molecule has 4 aliphatic rings. The zero-order valence-electron chi connectivity index (χ0n) is 34.2. The highest BCUT2D eigenvalue weighted by molar-refractivity contribution is 6.11. The second-order valence-corrected chi connectivity index (χ2v) is 14.9. The van der Waals surface area contributed by atoms with E-state index in [4.69, 9.17) is 8.83 Å². The molecule has 0 spiro atoms. The number of phenols is 1. The van der Waals surface area contributed by atoms with Crippen molar-refractivity contribution in [1.29, 1.82) is 0 Å². The van der Waals surface area contributed by atoms with E-state index in [-0.39, 0.29) is 61.6 Å². The summed E-state index contributed by atoms with van der Waals surface area (Å²) in [7, 11) is 5.42. The molecule has 320 valence electrons. The fraction of sp³-hybridized carbons (Fsp3) is 0.104. The molecule has 64 heavy (non-hydrogen) atoms. The molecule has 0 saturated heterocycles. The number of aromatic hydroxyl groups is 1. The van der Waals surface area contributed by atoms with Gasteiger partial charge in [-0.25, -0.2) is 14.4 Å². The molecule has 2 aliphatic heterocycles. The van der Waals surface area contributed by atoms with Crippen LogP contribution in [0.2, 0.25) is 0 Å². The Bertz CT molecular complexity index is 3350. The fourth-order valence-corrected chi connectivity index (χ4v) is 7.68. The van der Waals surface area contributed by atoms with Crippen molar-refractivity contribution in [2.45, 2.75) is 6.54 Å². The number of anilines is 1. The lowest BCUT2D eigenvalue weighted by atomic mass is 9.88. The third-order valence-corrected chi connectivity index (χ3v) is 10.8. The maximum atomic E-state index is 13.5. The van der Waals surface area contributed by atoms with Gasteiger partial charge in [0.05, 0.1) is 40.7 Å². The van der Waals surface area contributed by atoms with Crippen molar-refractivity contribution in [1.82, 2.24) is 10.6 Å². The van der Waals surface area contributed by atoms with E-state index in [1.54, 1.807) is 25.2 Å². The van der Waals surface area contributed by atoms with E-state index in [1.165, 1.54) is 60.7 Å². The van der Waals surface area contributed by atoms with Gasteiger partial charge in [0, 0.05) is 83.6 Å². The lowest BCUT2D eigenvalue weighted by molar-refractivity contribution is -0.120. The van der Waals surface area contributed by atoms with E-state index < -0.39 is 48.2 Å². The topological polar surface area (TPSA) is 249 Å². The summed E-state index contributed by atoms with van der Waals surface area (Å²) in [5.41, 5.74) is 2.12. The van der Waals surface area contributed by atoms with Crippen molar-refractivity contribution in [3.63, 3.8) is 0 Å². The largest absolute Gasteiger partial charge is 0.508 e. The molecule has 2 amide bonds. The molecule has 2 heterocycles. The van der Waals surface area contributed by atoms with Crippen LogP contribution in [0.15, 0.2) is 122 Å². The number of amides is 2. The first kappa shape index (κ1) is 41.9. The molecule has 0 radical (unpaired) electrons. The summed E-state index contributed by atoms with van der Waals surface area (Å²) in [5.74, 6) is -5.31. The first-order valence-corrected chi connectivity index (χ1v) is 19.5. The number of hydrogen-bond donors (Lipinski definition) is 6. The van der Waals surface area contributed by atoms with Gasteiger partial charge in [-0.15, -0.1) is 0 Å². The Morgan fingerprint density at radius 3 is 1.91 bits per heavy atom. The molecule has 0 bridgehead atoms. The number of rotatable bonds is 11. The predicted molar refractivity (Wildman–Crippen MR) is 235 cm³/mol. The summed E-state index contributed by atoms with van der Waals surface area (Å²) in [6, 6.07) is 25.4. The molecule has 16 nitrogen and oxygen atoms in total. The van der Waals surface area contributed by atoms with Crippen molar-refractivity contribution in [2.24, 2.45) is 4.99 Å². The monoisotopic (exact) mass is 860 g/mol. The number of hydrogen-bond acceptors (Lipinski definition) is 11. The van der Waals surface area contributed by atoms with Crippen LogP contribution >= 0.6 is 0 Å². The number of fused-ring (bicyclic) bond motifs is 4. The highest BCUT2D eigenvalue weighted by Crippen LogP contribution is 2.44. The van der Waals surface area contributed by atoms with E-state index in [2.05, 4.69) is 15.6 Å². The van der Waals surface area contributed by atoms with Gasteiger partial charge >= 0.3 is 17.9 Å². The molecule has 0 atom stereocenters. The Morgan fingerprint density at radius 2 is 1.25 bits per heavy atom. The van der Waals surface area contributed by atoms with Crippen molar-refractivity contribution in [2.75, 3.05) is 32.6 Å². The highest BCUT2D eigenvalue weighted by atomic mass is 16.4. The summed E-state index contributed by atoms with van der Waals surface area (Å²) in [4.78, 5) is 83.1. The zero-order valence-corrected chi connectivity index (χ0v) is 34.2. The van der Waals surface area contributed by atoms with Gasteiger partial charge in [0.2, 0.25) is 5.91 Å². The van der Waals surface area contributed by atoms with Crippen LogP contribution in [0.1, 0.15) is 47.0 Å². The lowest BCUT2D eigenvalue weighted by Gasteiger charge is -2.19. The summed E-state index contributed by atoms with van der Waals surface area (Å²) >= 11 is 0. The number of nitrogens with zero attached hydrogens (tertiary/aromatic N) is 2. The first-order chi connectivity index (χ1) is 30.6. The van der Waals surface area contributed by atoms with Crippen LogP contribution in [0.4, 0.5) is 5.69 Å². The van der Waals surface area contributed by atoms with Crippen LogP contribution in [-0.2, 0) is 11.3 Å². The number of aromatic carboxylic acids is 3. The summed E-state index contributed by atoms with van der Waals surface area (Å²) in [5, 5.41) is 47.1. The maximum Gasteiger partial charge on any atom is 0.336 e. The standard InChI is InChI=1S/C48H36N4O12/c1-49-25-6-11-30-38(18-25)63-39-19-26(52(2)3)7-12-31(39)42(30)28-9-4-23(16-34(28)47(59)60)45(56)51-22-41(55)50-21-36-37(54)15-14-33-43(32-13-8-27(53)20-40(32)64-44(33)36)29-10-5-24(46(57)58)17-35(29)48(61)62/h4-20,53H,21-22H2,1-3H3,(H,50,55)(H,51,56)(H,57,58)(H,59,60)(H,61,62)/b49-25-. The van der Waals surface area contributed by atoms with Crippen molar-refractivity contribution >= 4 is 57.3 Å². The van der Waals surface area contributed by atoms with E-state index >= 15 is 0 Å². The summed E-state index contributed by atoms with van der Waals surface area (Å²) < 4.78 is 12.4. The van der Waals surface area contributed by atoms with Crippen LogP contribution in [0.5, 0.6) is 5.75 Å². The maximum absolute atomic E-state index is 13.5. The number of benzene rings is 6. The number of carbonyl (C=O) groups is 5. The first-order valence-electron chi connectivity index (χ1n) is 19.5. The number of phenolic OH excluding ortho intramolecular Hbond substituents is 1. The number of carboxylic acids is 3. The Labute approximate surface area is 361 Å². The van der Waals surface area contributed by atoms with E-state index in [1.807, 2.05) is 37.2 Å². The number of nitrogens with one attached hydrogen (secondary N) is 2. The normalized spacial score (nSPS) is 11.6. The second kappa shape index (κ2) is 16.6.